The molecule has 0 spiro atoms. The molecule has 1 unspecified atom stereocenters. The normalized spacial score (nSPS) is 13.3. The van der Waals surface area contributed by atoms with Crippen LogP contribution in [0.4, 0.5) is 0 Å². The van der Waals surface area contributed by atoms with Gasteiger partial charge in [0.25, 0.3) is 0 Å². The van der Waals surface area contributed by atoms with Gasteiger partial charge >= 0.3 is 5.97 Å². The van der Waals surface area contributed by atoms with Crippen LogP contribution in [-0.4, -0.2) is 24.7 Å². The molecule has 0 saturated carbocycles. The van der Waals surface area contributed by atoms with Crippen molar-refractivity contribution in [2.45, 2.75) is 24.3 Å². The summed E-state index contributed by atoms with van der Waals surface area (Å²) in [5.41, 5.74) is 0.376. The Bertz CT molecular complexity index is 554. The molecule has 1 N–H and O–H groups in total. The first-order valence-corrected chi connectivity index (χ1v) is 7.57. The quantitative estimate of drug-likeness (QED) is 0.907. The number of rotatable bonds is 5. The summed E-state index contributed by atoms with van der Waals surface area (Å²) in [7, 11) is -3.57. The Kier molecular flexibility index (Phi) is 5.01. The zero-order valence-corrected chi connectivity index (χ0v) is 11.9. The van der Waals surface area contributed by atoms with Crippen molar-refractivity contribution in [1.82, 2.24) is 0 Å². The van der Waals surface area contributed by atoms with Gasteiger partial charge in [0.15, 0.2) is 9.84 Å². The molecule has 0 amide bonds. The maximum atomic E-state index is 11.9. The van der Waals surface area contributed by atoms with Crippen LogP contribution in [0.1, 0.15) is 18.9 Å². The number of halogens is 2. The minimum Gasteiger partial charge on any atom is -0.481 e. The molecule has 1 rings (SSSR count). The molecule has 0 heterocycles. The number of benzene rings is 1. The highest BCUT2D eigenvalue weighted by Gasteiger charge is 2.24. The van der Waals surface area contributed by atoms with Crippen LogP contribution in [0.25, 0.3) is 0 Å². The molecule has 0 radical (unpaired) electrons. The molecular weight excluding hydrogens is 299 g/mol. The van der Waals surface area contributed by atoms with Crippen molar-refractivity contribution < 1.29 is 18.3 Å². The van der Waals surface area contributed by atoms with Gasteiger partial charge in [-0.1, -0.05) is 35.3 Å². The average molecular weight is 311 g/mol. The molecule has 0 aliphatic heterocycles. The van der Waals surface area contributed by atoms with Gasteiger partial charge in [0, 0.05) is 0 Å². The van der Waals surface area contributed by atoms with Crippen LogP contribution in [-0.2, 0) is 20.4 Å². The molecule has 0 aliphatic carbocycles. The van der Waals surface area contributed by atoms with E-state index in [9.17, 15) is 13.2 Å². The predicted molar refractivity (Wildman–Crippen MR) is 70.8 cm³/mol. The Morgan fingerprint density at radius 2 is 2.00 bits per heavy atom. The fraction of sp³-hybridized carbons (Fsp3) is 0.364. The van der Waals surface area contributed by atoms with E-state index in [2.05, 4.69) is 0 Å². The zero-order valence-electron chi connectivity index (χ0n) is 9.56. The summed E-state index contributed by atoms with van der Waals surface area (Å²) in [6, 6.07) is 4.71. The molecule has 0 aliphatic rings. The average Bonchev–Trinajstić information content (AvgIpc) is 2.23. The van der Waals surface area contributed by atoms with Crippen LogP contribution < -0.4 is 0 Å². The maximum Gasteiger partial charge on any atom is 0.304 e. The zero-order chi connectivity index (χ0) is 13.9. The van der Waals surface area contributed by atoms with Crippen LogP contribution in [0, 0.1) is 0 Å². The van der Waals surface area contributed by atoms with Crippen LogP contribution in [0.3, 0.4) is 0 Å². The number of carboxylic acid groups (broad SMARTS) is 1. The minimum absolute atomic E-state index is 0.185. The van der Waals surface area contributed by atoms with Crippen molar-refractivity contribution in [2.75, 3.05) is 0 Å². The van der Waals surface area contributed by atoms with E-state index in [0.717, 1.165) is 0 Å². The predicted octanol–water partition coefficient (Wildman–Crippen LogP) is 2.77. The summed E-state index contributed by atoms with van der Waals surface area (Å²) < 4.78 is 23.9. The van der Waals surface area contributed by atoms with Crippen molar-refractivity contribution in [3.63, 3.8) is 0 Å². The summed E-state index contributed by atoms with van der Waals surface area (Å²) >= 11 is 11.7. The van der Waals surface area contributed by atoms with Crippen LogP contribution in [0.15, 0.2) is 18.2 Å². The first-order chi connectivity index (χ1) is 8.24. The summed E-state index contributed by atoms with van der Waals surface area (Å²) in [5.74, 6) is -1.47. The molecule has 7 heteroatoms. The van der Waals surface area contributed by atoms with E-state index < -0.39 is 27.5 Å². The largest absolute Gasteiger partial charge is 0.481 e. The lowest BCUT2D eigenvalue weighted by molar-refractivity contribution is -0.136. The molecule has 0 aromatic heterocycles. The third-order valence-corrected chi connectivity index (χ3v) is 5.43. The molecule has 4 nitrogen and oxygen atoms in total. The highest BCUT2D eigenvalue weighted by molar-refractivity contribution is 7.91. The van der Waals surface area contributed by atoms with Crippen molar-refractivity contribution in [1.29, 1.82) is 0 Å². The van der Waals surface area contributed by atoms with E-state index in [1.807, 2.05) is 0 Å². The van der Waals surface area contributed by atoms with E-state index in [0.29, 0.717) is 5.56 Å². The third kappa shape index (κ3) is 3.86. The summed E-state index contributed by atoms with van der Waals surface area (Å²) in [6.45, 7) is 1.36. The first kappa shape index (κ1) is 15.3. The van der Waals surface area contributed by atoms with E-state index in [4.69, 9.17) is 28.3 Å². The van der Waals surface area contributed by atoms with Gasteiger partial charge in [0.2, 0.25) is 0 Å². The Morgan fingerprint density at radius 1 is 1.39 bits per heavy atom. The lowest BCUT2D eigenvalue weighted by Gasteiger charge is -2.12. The Labute approximate surface area is 115 Å². The van der Waals surface area contributed by atoms with Gasteiger partial charge in [0.05, 0.1) is 27.5 Å². The monoisotopic (exact) mass is 310 g/mol. The molecular formula is C11H12Cl2O4S. The Balaban J connectivity index is 2.96. The molecule has 0 saturated heterocycles. The lowest BCUT2D eigenvalue weighted by Crippen LogP contribution is -2.23. The fourth-order valence-electron chi connectivity index (χ4n) is 1.39. The van der Waals surface area contributed by atoms with E-state index in [1.165, 1.54) is 6.92 Å². The SMILES string of the molecule is CC(CC(=O)O)S(=O)(=O)Cc1cccc(Cl)c1Cl. The van der Waals surface area contributed by atoms with Crippen LogP contribution in [0.2, 0.25) is 10.0 Å². The molecule has 1 aromatic rings. The third-order valence-electron chi connectivity index (χ3n) is 2.46. The maximum absolute atomic E-state index is 11.9. The van der Waals surface area contributed by atoms with Gasteiger partial charge in [-0.2, -0.15) is 0 Å². The van der Waals surface area contributed by atoms with E-state index in [1.54, 1.807) is 18.2 Å². The number of sulfone groups is 1. The lowest BCUT2D eigenvalue weighted by atomic mass is 10.2. The summed E-state index contributed by atoms with van der Waals surface area (Å²) in [5, 5.41) is 8.09. The second kappa shape index (κ2) is 5.91. The number of hydrogen-bond acceptors (Lipinski definition) is 3. The van der Waals surface area contributed by atoms with E-state index >= 15 is 0 Å². The summed E-state index contributed by atoms with van der Waals surface area (Å²) in [6.07, 6.45) is -0.430. The highest BCUT2D eigenvalue weighted by atomic mass is 35.5. The van der Waals surface area contributed by atoms with Crippen molar-refractivity contribution in [3.8, 4) is 0 Å². The number of aliphatic carboxylic acids is 1. The van der Waals surface area contributed by atoms with Gasteiger partial charge in [-0.3, -0.25) is 4.79 Å². The van der Waals surface area contributed by atoms with Gasteiger partial charge in [-0.25, -0.2) is 8.42 Å². The molecule has 100 valence electrons. The molecule has 18 heavy (non-hydrogen) atoms. The van der Waals surface area contributed by atoms with Crippen molar-refractivity contribution in [3.05, 3.63) is 33.8 Å². The second-order valence-corrected chi connectivity index (χ2v) is 7.13. The summed E-state index contributed by atoms with van der Waals surface area (Å²) in [4.78, 5) is 10.5. The van der Waals surface area contributed by atoms with Gasteiger partial charge in [-0.15, -0.1) is 0 Å². The Morgan fingerprint density at radius 3 is 2.56 bits per heavy atom. The van der Waals surface area contributed by atoms with Gasteiger partial charge < -0.3 is 5.11 Å². The molecule has 0 fully saturated rings. The smallest absolute Gasteiger partial charge is 0.304 e. The molecule has 1 aromatic carbocycles. The number of hydrogen-bond donors (Lipinski definition) is 1. The molecule has 0 bridgehead atoms. The first-order valence-electron chi connectivity index (χ1n) is 5.10. The van der Waals surface area contributed by atoms with Crippen molar-refractivity contribution in [2.24, 2.45) is 0 Å². The van der Waals surface area contributed by atoms with Gasteiger partial charge in [-0.05, 0) is 18.6 Å². The Hall–Kier alpha value is -0.780. The second-order valence-electron chi connectivity index (χ2n) is 3.93. The van der Waals surface area contributed by atoms with Crippen molar-refractivity contribution >= 4 is 39.0 Å². The highest BCUT2D eigenvalue weighted by Crippen LogP contribution is 2.27. The minimum atomic E-state index is -3.57. The number of carbonyl (C=O) groups is 1. The van der Waals surface area contributed by atoms with Crippen LogP contribution in [0.5, 0.6) is 0 Å². The van der Waals surface area contributed by atoms with Gasteiger partial charge in [0.1, 0.15) is 0 Å². The fourth-order valence-corrected chi connectivity index (χ4v) is 3.21. The molecule has 1 atom stereocenters. The standard InChI is InChI=1S/C11H12Cl2O4S/c1-7(5-10(14)15)18(16,17)6-8-3-2-4-9(12)11(8)13/h2-4,7H,5-6H2,1H3,(H,14,15). The van der Waals surface area contributed by atoms with Crippen LogP contribution >= 0.6 is 23.2 Å². The number of carboxylic acids is 1. The topological polar surface area (TPSA) is 71.4 Å². The van der Waals surface area contributed by atoms with E-state index in [-0.39, 0.29) is 15.8 Å².